The van der Waals surface area contributed by atoms with E-state index in [0.717, 1.165) is 69.1 Å². The predicted octanol–water partition coefficient (Wildman–Crippen LogP) is 4.36. The highest BCUT2D eigenvalue weighted by atomic mass is 16.3. The van der Waals surface area contributed by atoms with Crippen molar-refractivity contribution < 1.29 is 20.1 Å². The molecule has 0 fully saturated rings. The highest BCUT2D eigenvalue weighted by Crippen LogP contribution is 2.17. The van der Waals surface area contributed by atoms with Crippen molar-refractivity contribution in [2.45, 2.75) is 103 Å². The molecule has 0 aromatic heterocycles. The minimum Gasteiger partial charge on any atom is -0.393 e. The molecule has 0 aliphatic carbocycles. The van der Waals surface area contributed by atoms with Crippen LogP contribution in [0.15, 0.2) is 12.2 Å². The molecule has 1 amide bonds. The Bertz CT molecular complexity index is 369. The quantitative estimate of drug-likeness (QED) is 0.186. The van der Waals surface area contributed by atoms with Crippen molar-refractivity contribution >= 4 is 5.91 Å². The topological polar surface area (TPSA) is 81.0 Å². The smallest absolute Gasteiger partial charge is 0.229 e. The van der Waals surface area contributed by atoms with Crippen LogP contribution < -0.4 is 0 Å². The Hall–Kier alpha value is -0.910. The molecule has 0 saturated carbocycles. The van der Waals surface area contributed by atoms with Gasteiger partial charge in [-0.15, -0.1) is 0 Å². The van der Waals surface area contributed by atoms with Crippen LogP contribution in [0.2, 0.25) is 0 Å². The number of hydrogen-bond acceptors (Lipinski definition) is 4. The van der Waals surface area contributed by atoms with Gasteiger partial charge in [0.1, 0.15) is 13.5 Å². The summed E-state index contributed by atoms with van der Waals surface area (Å²) in [5.41, 5.74) is 0. The van der Waals surface area contributed by atoms with E-state index in [0.29, 0.717) is 0 Å². The van der Waals surface area contributed by atoms with E-state index < -0.39 is 13.5 Å². The fraction of sp³-hybridized carbons (Fsp3) is 0.864. The second kappa shape index (κ2) is 18.5. The first-order valence-electron chi connectivity index (χ1n) is 10.9. The van der Waals surface area contributed by atoms with Gasteiger partial charge in [0.25, 0.3) is 0 Å². The average molecular weight is 386 g/mol. The number of carbonyl (C=O) groups excluding carboxylic acids is 1. The molecule has 0 rings (SSSR count). The third-order valence-corrected chi connectivity index (χ3v) is 5.13. The molecular formula is C22H43NO4. The lowest BCUT2D eigenvalue weighted by Crippen LogP contribution is -2.37. The van der Waals surface area contributed by atoms with Gasteiger partial charge >= 0.3 is 0 Å². The van der Waals surface area contributed by atoms with Crippen molar-refractivity contribution in [2.75, 3.05) is 13.5 Å². The van der Waals surface area contributed by atoms with Gasteiger partial charge in [0.05, 0.1) is 6.10 Å². The number of allylic oxidation sites excluding steroid dienone is 1. The molecule has 2 unspecified atom stereocenters. The maximum Gasteiger partial charge on any atom is 0.229 e. The molecule has 0 bridgehead atoms. The predicted molar refractivity (Wildman–Crippen MR) is 111 cm³/mol. The van der Waals surface area contributed by atoms with Crippen LogP contribution in [0.5, 0.6) is 0 Å². The van der Waals surface area contributed by atoms with E-state index in [1.54, 1.807) is 0 Å². The lowest BCUT2D eigenvalue weighted by atomic mass is 9.96. The summed E-state index contributed by atoms with van der Waals surface area (Å²) >= 11 is 0. The second-order valence-electron chi connectivity index (χ2n) is 7.47. The largest absolute Gasteiger partial charge is 0.393 e. The third-order valence-electron chi connectivity index (χ3n) is 5.13. The summed E-state index contributed by atoms with van der Waals surface area (Å²) in [6, 6.07) is 0. The fourth-order valence-corrected chi connectivity index (χ4v) is 3.25. The van der Waals surface area contributed by atoms with E-state index in [1.165, 1.54) is 19.3 Å². The summed E-state index contributed by atoms with van der Waals surface area (Å²) in [6.07, 6.45) is 17.5. The van der Waals surface area contributed by atoms with Gasteiger partial charge in [-0.25, -0.2) is 0 Å². The van der Waals surface area contributed by atoms with Crippen LogP contribution in [0.4, 0.5) is 0 Å². The van der Waals surface area contributed by atoms with Gasteiger partial charge in [0, 0.05) is 5.92 Å². The minimum absolute atomic E-state index is 0.108. The summed E-state index contributed by atoms with van der Waals surface area (Å²) in [5.74, 6) is -0.262. The number of aliphatic hydroxyl groups is 3. The molecule has 0 aliphatic rings. The van der Waals surface area contributed by atoms with E-state index in [-0.39, 0.29) is 17.9 Å². The lowest BCUT2D eigenvalue weighted by molar-refractivity contribution is -0.144. The second-order valence-corrected chi connectivity index (χ2v) is 7.47. The molecule has 0 aliphatic heterocycles. The molecule has 0 aromatic rings. The van der Waals surface area contributed by atoms with Crippen LogP contribution >= 0.6 is 0 Å². The normalized spacial score (nSPS) is 13.8. The van der Waals surface area contributed by atoms with Crippen LogP contribution in [-0.2, 0) is 4.79 Å². The Labute approximate surface area is 166 Å². The highest BCUT2D eigenvalue weighted by molar-refractivity contribution is 5.78. The molecule has 160 valence electrons. The van der Waals surface area contributed by atoms with Crippen LogP contribution in [0.3, 0.4) is 0 Å². The van der Waals surface area contributed by atoms with Crippen molar-refractivity contribution in [3.63, 3.8) is 0 Å². The van der Waals surface area contributed by atoms with Gasteiger partial charge in [-0.3, -0.25) is 9.69 Å². The molecule has 27 heavy (non-hydrogen) atoms. The monoisotopic (exact) mass is 385 g/mol. The number of nitrogens with zero attached hydrogens (tertiary/aromatic N) is 1. The van der Waals surface area contributed by atoms with Crippen LogP contribution in [0, 0.1) is 5.92 Å². The van der Waals surface area contributed by atoms with E-state index in [9.17, 15) is 9.90 Å². The highest BCUT2D eigenvalue weighted by Gasteiger charge is 2.21. The molecule has 0 aromatic carbocycles. The first-order chi connectivity index (χ1) is 13.1. The zero-order valence-corrected chi connectivity index (χ0v) is 17.6. The zero-order valence-electron chi connectivity index (χ0n) is 17.6. The first kappa shape index (κ1) is 26.1. The molecule has 5 heteroatoms. The van der Waals surface area contributed by atoms with Crippen LogP contribution in [-0.4, -0.2) is 45.7 Å². The number of rotatable bonds is 18. The van der Waals surface area contributed by atoms with E-state index in [1.807, 2.05) is 6.92 Å². The summed E-state index contributed by atoms with van der Waals surface area (Å²) in [4.78, 5) is 13.2. The number of aliphatic hydroxyl groups excluding tert-OH is 3. The van der Waals surface area contributed by atoms with Gasteiger partial charge in [-0.05, 0) is 38.5 Å². The SMILES string of the molecule is CCCCCCC(O)C/C=C\CCCCCCC(CC)C(=O)N(CO)CO. The molecule has 0 radical (unpaired) electrons. The molecule has 3 N–H and O–H groups in total. The Morgan fingerprint density at radius 1 is 0.889 bits per heavy atom. The molecule has 2 atom stereocenters. The summed E-state index contributed by atoms with van der Waals surface area (Å²) in [6.45, 7) is 3.32. The third kappa shape index (κ3) is 13.8. The Balaban J connectivity index is 3.68. The Morgan fingerprint density at radius 3 is 2.15 bits per heavy atom. The Kier molecular flexibility index (Phi) is 17.8. The number of hydrogen-bond donors (Lipinski definition) is 3. The molecule has 5 nitrogen and oxygen atoms in total. The summed E-state index contributed by atoms with van der Waals surface area (Å²) < 4.78 is 0. The lowest BCUT2D eigenvalue weighted by Gasteiger charge is -2.22. The minimum atomic E-state index is -0.425. The van der Waals surface area contributed by atoms with Crippen LogP contribution in [0.1, 0.15) is 97.3 Å². The fourth-order valence-electron chi connectivity index (χ4n) is 3.25. The van der Waals surface area contributed by atoms with Gasteiger partial charge in [-0.2, -0.15) is 0 Å². The maximum atomic E-state index is 12.1. The molecular weight excluding hydrogens is 342 g/mol. The van der Waals surface area contributed by atoms with Gasteiger partial charge in [-0.1, -0.05) is 70.9 Å². The van der Waals surface area contributed by atoms with E-state index in [4.69, 9.17) is 10.2 Å². The van der Waals surface area contributed by atoms with Crippen molar-refractivity contribution in [3.8, 4) is 0 Å². The average Bonchev–Trinajstić information content (AvgIpc) is 2.67. The van der Waals surface area contributed by atoms with Crippen molar-refractivity contribution in [1.82, 2.24) is 4.90 Å². The standard InChI is InChI=1S/C22H43NO4/c1-3-5-6-13-16-21(26)17-14-11-9-7-8-10-12-15-20(4-2)22(27)23(18-24)19-25/h11,14,20-21,24-26H,3-10,12-13,15-19H2,1-2H3/b14-11-. The Morgan fingerprint density at radius 2 is 1.52 bits per heavy atom. The van der Waals surface area contributed by atoms with Crippen molar-refractivity contribution in [1.29, 1.82) is 0 Å². The summed E-state index contributed by atoms with van der Waals surface area (Å²) in [7, 11) is 0. The molecule has 0 saturated heterocycles. The molecule has 0 spiro atoms. The van der Waals surface area contributed by atoms with Crippen molar-refractivity contribution in [2.24, 2.45) is 5.92 Å². The number of amides is 1. The van der Waals surface area contributed by atoms with E-state index >= 15 is 0 Å². The zero-order chi connectivity index (χ0) is 20.3. The first-order valence-corrected chi connectivity index (χ1v) is 10.9. The van der Waals surface area contributed by atoms with Gasteiger partial charge in [0.2, 0.25) is 5.91 Å². The van der Waals surface area contributed by atoms with Crippen LogP contribution in [0.25, 0.3) is 0 Å². The number of carbonyl (C=O) groups is 1. The van der Waals surface area contributed by atoms with Gasteiger partial charge in [0.15, 0.2) is 0 Å². The summed E-state index contributed by atoms with van der Waals surface area (Å²) in [5, 5.41) is 28.1. The number of unbranched alkanes of at least 4 members (excludes halogenated alkanes) is 7. The van der Waals surface area contributed by atoms with Crippen molar-refractivity contribution in [3.05, 3.63) is 12.2 Å². The van der Waals surface area contributed by atoms with Gasteiger partial charge < -0.3 is 15.3 Å². The van der Waals surface area contributed by atoms with E-state index in [2.05, 4.69) is 19.1 Å². The molecule has 0 heterocycles. The maximum absolute atomic E-state index is 12.1.